The highest BCUT2D eigenvalue weighted by Crippen LogP contribution is 2.25. The van der Waals surface area contributed by atoms with Crippen molar-refractivity contribution in [3.05, 3.63) is 66.2 Å². The molecule has 0 aliphatic carbocycles. The van der Waals surface area contributed by atoms with Gasteiger partial charge in [-0.1, -0.05) is 48.5 Å². The maximum atomic E-state index is 2.54. The van der Waals surface area contributed by atoms with Crippen molar-refractivity contribution in [2.75, 3.05) is 18.0 Å². The summed E-state index contributed by atoms with van der Waals surface area (Å²) in [5.41, 5.74) is 2.85. The molecule has 19 heavy (non-hydrogen) atoms. The molecule has 0 saturated carbocycles. The van der Waals surface area contributed by atoms with Crippen molar-refractivity contribution in [1.29, 1.82) is 0 Å². The normalized spacial score (nSPS) is 19.4. The first-order chi connectivity index (χ1) is 9.42. The molecule has 0 N–H and O–H groups in total. The van der Waals surface area contributed by atoms with Crippen LogP contribution < -0.4 is 4.90 Å². The lowest BCUT2D eigenvalue weighted by Gasteiger charge is -2.34. The minimum atomic E-state index is 0.788. The van der Waals surface area contributed by atoms with Gasteiger partial charge in [0.25, 0.3) is 0 Å². The molecule has 1 heterocycles. The number of nitrogens with zero attached hydrogens (tertiary/aromatic N) is 1. The van der Waals surface area contributed by atoms with Crippen LogP contribution in [0.25, 0.3) is 0 Å². The van der Waals surface area contributed by atoms with Crippen molar-refractivity contribution in [2.45, 2.75) is 19.3 Å². The molecule has 0 radical (unpaired) electrons. The third kappa shape index (κ3) is 3.17. The smallest absolute Gasteiger partial charge is 0.0366 e. The van der Waals surface area contributed by atoms with Gasteiger partial charge in [0, 0.05) is 18.8 Å². The van der Waals surface area contributed by atoms with Gasteiger partial charge in [-0.3, -0.25) is 0 Å². The standard InChI is InChI=1S/C18H21N/c1-3-8-16(9-4-1)14-17-10-7-13-19(15-17)18-11-5-2-6-12-18/h1-6,8-9,11-12,17H,7,10,13-15H2. The number of piperidine rings is 1. The Morgan fingerprint density at radius 3 is 2.32 bits per heavy atom. The van der Waals surface area contributed by atoms with E-state index in [1.54, 1.807) is 0 Å². The Morgan fingerprint density at radius 2 is 1.58 bits per heavy atom. The van der Waals surface area contributed by atoms with E-state index in [0.29, 0.717) is 0 Å². The highest BCUT2D eigenvalue weighted by molar-refractivity contribution is 5.46. The lowest BCUT2D eigenvalue weighted by Crippen LogP contribution is -2.36. The summed E-state index contributed by atoms with van der Waals surface area (Å²) in [5, 5.41) is 0. The Labute approximate surface area is 115 Å². The molecule has 2 aromatic carbocycles. The predicted octanol–water partition coefficient (Wildman–Crippen LogP) is 4.15. The SMILES string of the molecule is c1ccc(CC2CCCN(c3ccccc3)C2)cc1. The monoisotopic (exact) mass is 251 g/mol. The van der Waals surface area contributed by atoms with Gasteiger partial charge in [0.2, 0.25) is 0 Å². The van der Waals surface area contributed by atoms with Crippen molar-refractivity contribution < 1.29 is 0 Å². The first kappa shape index (κ1) is 12.3. The zero-order valence-electron chi connectivity index (χ0n) is 11.3. The van der Waals surface area contributed by atoms with Crippen LogP contribution in [0.1, 0.15) is 18.4 Å². The summed E-state index contributed by atoms with van der Waals surface area (Å²) in [6.07, 6.45) is 3.88. The first-order valence-corrected chi connectivity index (χ1v) is 7.26. The van der Waals surface area contributed by atoms with Crippen molar-refractivity contribution in [1.82, 2.24) is 0 Å². The minimum absolute atomic E-state index is 0.788. The summed E-state index contributed by atoms with van der Waals surface area (Å²) < 4.78 is 0. The summed E-state index contributed by atoms with van der Waals surface area (Å²) >= 11 is 0. The third-order valence-corrected chi connectivity index (χ3v) is 4.01. The van der Waals surface area contributed by atoms with Crippen LogP contribution in [0.5, 0.6) is 0 Å². The Hall–Kier alpha value is -1.76. The lowest BCUT2D eigenvalue weighted by molar-refractivity contribution is 0.413. The zero-order chi connectivity index (χ0) is 12.9. The van der Waals surface area contributed by atoms with Crippen LogP contribution in [0.4, 0.5) is 5.69 Å². The Bertz CT molecular complexity index is 492. The fraction of sp³-hybridized carbons (Fsp3) is 0.333. The van der Waals surface area contributed by atoms with E-state index < -0.39 is 0 Å². The number of hydrogen-bond donors (Lipinski definition) is 0. The quantitative estimate of drug-likeness (QED) is 0.792. The molecule has 1 nitrogen and oxygen atoms in total. The summed E-state index contributed by atoms with van der Waals surface area (Å²) in [4.78, 5) is 2.54. The number of hydrogen-bond acceptors (Lipinski definition) is 1. The maximum Gasteiger partial charge on any atom is 0.0366 e. The van der Waals surface area contributed by atoms with Crippen LogP contribution in [0, 0.1) is 5.92 Å². The third-order valence-electron chi connectivity index (χ3n) is 4.01. The summed E-state index contributed by atoms with van der Waals surface area (Å²) in [7, 11) is 0. The molecule has 1 unspecified atom stereocenters. The lowest BCUT2D eigenvalue weighted by atomic mass is 9.91. The van der Waals surface area contributed by atoms with Crippen molar-refractivity contribution >= 4 is 5.69 Å². The second-order valence-corrected chi connectivity index (χ2v) is 5.48. The van der Waals surface area contributed by atoms with E-state index in [0.717, 1.165) is 5.92 Å². The number of benzene rings is 2. The van der Waals surface area contributed by atoms with E-state index in [1.807, 2.05) is 0 Å². The molecule has 1 heteroatoms. The minimum Gasteiger partial charge on any atom is -0.371 e. The number of anilines is 1. The summed E-state index contributed by atoms with van der Waals surface area (Å²) in [5.74, 6) is 0.788. The van der Waals surface area contributed by atoms with Gasteiger partial charge < -0.3 is 4.90 Å². The second-order valence-electron chi connectivity index (χ2n) is 5.48. The van der Waals surface area contributed by atoms with E-state index in [4.69, 9.17) is 0 Å². The molecule has 0 spiro atoms. The van der Waals surface area contributed by atoms with E-state index >= 15 is 0 Å². The van der Waals surface area contributed by atoms with Crippen LogP contribution in [-0.4, -0.2) is 13.1 Å². The van der Waals surface area contributed by atoms with E-state index in [2.05, 4.69) is 65.6 Å². The second kappa shape index (κ2) is 5.92. The topological polar surface area (TPSA) is 3.24 Å². The number of para-hydroxylation sites is 1. The molecule has 98 valence electrons. The molecule has 1 aliphatic rings. The summed E-state index contributed by atoms with van der Waals surface area (Å²) in [6.45, 7) is 2.40. The fourth-order valence-electron chi connectivity index (χ4n) is 3.05. The van der Waals surface area contributed by atoms with E-state index in [9.17, 15) is 0 Å². The molecule has 1 saturated heterocycles. The Morgan fingerprint density at radius 1 is 0.895 bits per heavy atom. The Balaban J connectivity index is 1.65. The van der Waals surface area contributed by atoms with E-state index in [-0.39, 0.29) is 0 Å². The van der Waals surface area contributed by atoms with Gasteiger partial charge in [0.15, 0.2) is 0 Å². The average molecular weight is 251 g/mol. The molecule has 0 bridgehead atoms. The van der Waals surface area contributed by atoms with Gasteiger partial charge in [-0.2, -0.15) is 0 Å². The largest absolute Gasteiger partial charge is 0.371 e. The summed E-state index contributed by atoms with van der Waals surface area (Å²) in [6, 6.07) is 21.7. The van der Waals surface area contributed by atoms with Gasteiger partial charge in [-0.15, -0.1) is 0 Å². The molecular formula is C18H21N. The van der Waals surface area contributed by atoms with Crippen LogP contribution in [0.15, 0.2) is 60.7 Å². The predicted molar refractivity (Wildman–Crippen MR) is 81.5 cm³/mol. The first-order valence-electron chi connectivity index (χ1n) is 7.26. The van der Waals surface area contributed by atoms with Crippen molar-refractivity contribution in [3.8, 4) is 0 Å². The van der Waals surface area contributed by atoms with Gasteiger partial charge in [0.05, 0.1) is 0 Å². The fourth-order valence-corrected chi connectivity index (χ4v) is 3.05. The molecule has 3 rings (SSSR count). The Kier molecular flexibility index (Phi) is 3.83. The molecular weight excluding hydrogens is 230 g/mol. The van der Waals surface area contributed by atoms with Gasteiger partial charge in [-0.05, 0) is 42.9 Å². The average Bonchev–Trinajstić information content (AvgIpc) is 2.49. The van der Waals surface area contributed by atoms with Crippen LogP contribution in [-0.2, 0) is 6.42 Å². The highest BCUT2D eigenvalue weighted by Gasteiger charge is 2.20. The molecule has 1 atom stereocenters. The van der Waals surface area contributed by atoms with Crippen LogP contribution >= 0.6 is 0 Å². The molecule has 2 aromatic rings. The van der Waals surface area contributed by atoms with Crippen LogP contribution in [0.2, 0.25) is 0 Å². The van der Waals surface area contributed by atoms with Crippen LogP contribution in [0.3, 0.4) is 0 Å². The molecule has 1 fully saturated rings. The number of rotatable bonds is 3. The van der Waals surface area contributed by atoms with Gasteiger partial charge in [-0.25, -0.2) is 0 Å². The van der Waals surface area contributed by atoms with Crippen molar-refractivity contribution in [2.24, 2.45) is 5.92 Å². The molecule has 0 amide bonds. The van der Waals surface area contributed by atoms with E-state index in [1.165, 1.54) is 43.6 Å². The zero-order valence-corrected chi connectivity index (χ0v) is 11.3. The maximum absolute atomic E-state index is 2.54. The highest BCUT2D eigenvalue weighted by atomic mass is 15.1. The van der Waals surface area contributed by atoms with Gasteiger partial charge in [0.1, 0.15) is 0 Å². The van der Waals surface area contributed by atoms with Gasteiger partial charge >= 0.3 is 0 Å². The molecule has 1 aliphatic heterocycles. The van der Waals surface area contributed by atoms with Crippen molar-refractivity contribution in [3.63, 3.8) is 0 Å². The molecule has 0 aromatic heterocycles.